The van der Waals surface area contributed by atoms with E-state index in [1.54, 1.807) is 23.7 Å². The van der Waals surface area contributed by atoms with Crippen LogP contribution in [0.2, 0.25) is 5.02 Å². The van der Waals surface area contributed by atoms with Crippen molar-refractivity contribution in [3.8, 4) is 0 Å². The van der Waals surface area contributed by atoms with E-state index >= 15 is 0 Å². The number of halogens is 1. The Balaban J connectivity index is 1.84. The molecular weight excluding hydrogens is 416 g/mol. The van der Waals surface area contributed by atoms with Gasteiger partial charge < -0.3 is 0 Å². The predicted octanol–water partition coefficient (Wildman–Crippen LogP) is 2.97. The average Bonchev–Trinajstić information content (AvgIpc) is 3.14. The maximum Gasteiger partial charge on any atom is 0.332 e. The SMILES string of the molecule is C/C(=N\Nc1nc2c(c(=O)n(C)c(=O)n2C)n1Cc1ccccc1)c1ccc(Cl)cc1. The molecule has 0 atom stereocenters. The van der Waals surface area contributed by atoms with Crippen molar-refractivity contribution in [1.29, 1.82) is 0 Å². The van der Waals surface area contributed by atoms with Gasteiger partial charge in [0.1, 0.15) is 0 Å². The van der Waals surface area contributed by atoms with Gasteiger partial charge in [0.2, 0.25) is 5.95 Å². The highest BCUT2D eigenvalue weighted by molar-refractivity contribution is 6.30. The van der Waals surface area contributed by atoms with Crippen LogP contribution in [0.25, 0.3) is 11.2 Å². The molecule has 4 aromatic rings. The standard InChI is InChI=1S/C22H21ClN6O2/c1-14(16-9-11-17(23)12-10-16)25-26-21-24-19-18(20(30)28(3)22(31)27(19)2)29(21)13-15-7-5-4-6-8-15/h4-12H,13H2,1-3H3,(H,24,26)/b25-14+. The number of fused-ring (bicyclic) bond motifs is 1. The number of benzene rings is 2. The molecule has 158 valence electrons. The summed E-state index contributed by atoms with van der Waals surface area (Å²) in [5.41, 5.74) is 5.35. The molecule has 0 unspecified atom stereocenters. The van der Waals surface area contributed by atoms with Gasteiger partial charge in [0.05, 0.1) is 12.3 Å². The van der Waals surface area contributed by atoms with Crippen LogP contribution in [0.3, 0.4) is 0 Å². The van der Waals surface area contributed by atoms with Gasteiger partial charge in [-0.3, -0.25) is 18.5 Å². The van der Waals surface area contributed by atoms with Crippen molar-refractivity contribution in [2.24, 2.45) is 19.2 Å². The summed E-state index contributed by atoms with van der Waals surface area (Å²) in [6.45, 7) is 2.25. The van der Waals surface area contributed by atoms with Crippen LogP contribution in [0.15, 0.2) is 69.3 Å². The number of aromatic nitrogens is 4. The number of nitrogens with zero attached hydrogens (tertiary/aromatic N) is 5. The molecule has 0 aliphatic rings. The largest absolute Gasteiger partial charge is 0.332 e. The highest BCUT2D eigenvalue weighted by atomic mass is 35.5. The van der Waals surface area contributed by atoms with Gasteiger partial charge in [-0.15, -0.1) is 0 Å². The van der Waals surface area contributed by atoms with Gasteiger partial charge in [-0.1, -0.05) is 54.1 Å². The molecule has 31 heavy (non-hydrogen) atoms. The van der Waals surface area contributed by atoms with Crippen LogP contribution < -0.4 is 16.7 Å². The normalized spacial score (nSPS) is 11.8. The number of hydrazone groups is 1. The third-order valence-electron chi connectivity index (χ3n) is 5.12. The zero-order valence-electron chi connectivity index (χ0n) is 17.3. The van der Waals surface area contributed by atoms with E-state index in [1.165, 1.54) is 11.6 Å². The van der Waals surface area contributed by atoms with Gasteiger partial charge in [-0.05, 0) is 30.2 Å². The summed E-state index contributed by atoms with van der Waals surface area (Å²) >= 11 is 5.96. The Kier molecular flexibility index (Phi) is 5.48. The summed E-state index contributed by atoms with van der Waals surface area (Å²) < 4.78 is 4.18. The van der Waals surface area contributed by atoms with E-state index in [0.717, 1.165) is 21.4 Å². The zero-order chi connectivity index (χ0) is 22.1. The molecule has 0 saturated carbocycles. The molecule has 0 saturated heterocycles. The topological polar surface area (TPSA) is 86.2 Å². The monoisotopic (exact) mass is 436 g/mol. The van der Waals surface area contributed by atoms with Crippen LogP contribution in [0.4, 0.5) is 5.95 Å². The van der Waals surface area contributed by atoms with Crippen LogP contribution in [0.5, 0.6) is 0 Å². The third-order valence-corrected chi connectivity index (χ3v) is 5.37. The maximum absolute atomic E-state index is 12.9. The molecule has 0 spiro atoms. The van der Waals surface area contributed by atoms with Crippen LogP contribution in [-0.4, -0.2) is 24.4 Å². The van der Waals surface area contributed by atoms with Crippen LogP contribution in [0, 0.1) is 0 Å². The Hall–Kier alpha value is -3.65. The van der Waals surface area contributed by atoms with E-state index in [1.807, 2.05) is 49.4 Å². The lowest BCUT2D eigenvalue weighted by Gasteiger charge is -2.10. The molecule has 9 heteroatoms. The Morgan fingerprint density at radius 3 is 2.39 bits per heavy atom. The first-order chi connectivity index (χ1) is 14.9. The average molecular weight is 437 g/mol. The summed E-state index contributed by atoms with van der Waals surface area (Å²) in [6.07, 6.45) is 0. The second kappa shape index (κ2) is 8.23. The fourth-order valence-electron chi connectivity index (χ4n) is 3.34. The number of hydrogen-bond donors (Lipinski definition) is 1. The molecule has 2 heterocycles. The molecule has 0 fully saturated rings. The zero-order valence-corrected chi connectivity index (χ0v) is 18.1. The lowest BCUT2D eigenvalue weighted by molar-refractivity contribution is 0.702. The third kappa shape index (κ3) is 3.89. The van der Waals surface area contributed by atoms with Gasteiger partial charge in [0.15, 0.2) is 11.2 Å². The first-order valence-corrected chi connectivity index (χ1v) is 10.0. The van der Waals surface area contributed by atoms with Crippen molar-refractivity contribution in [2.45, 2.75) is 13.5 Å². The van der Waals surface area contributed by atoms with Crippen LogP contribution in [-0.2, 0) is 20.6 Å². The minimum Gasteiger partial charge on any atom is -0.298 e. The molecule has 1 N–H and O–H groups in total. The molecule has 0 radical (unpaired) electrons. The first kappa shape index (κ1) is 20.6. The van der Waals surface area contributed by atoms with Gasteiger partial charge in [0, 0.05) is 19.1 Å². The van der Waals surface area contributed by atoms with E-state index in [9.17, 15) is 9.59 Å². The smallest absolute Gasteiger partial charge is 0.298 e. The van der Waals surface area contributed by atoms with E-state index < -0.39 is 11.2 Å². The molecule has 2 aromatic carbocycles. The highest BCUT2D eigenvalue weighted by Crippen LogP contribution is 2.18. The number of hydrogen-bond acceptors (Lipinski definition) is 5. The van der Waals surface area contributed by atoms with E-state index in [0.29, 0.717) is 28.7 Å². The molecule has 0 aliphatic heterocycles. The van der Waals surface area contributed by atoms with Gasteiger partial charge >= 0.3 is 5.69 Å². The van der Waals surface area contributed by atoms with Crippen molar-refractivity contribution in [3.05, 3.63) is 91.6 Å². The number of anilines is 1. The molecule has 0 aliphatic carbocycles. The fraction of sp³-hybridized carbons (Fsp3) is 0.182. The summed E-state index contributed by atoms with van der Waals surface area (Å²) in [7, 11) is 3.05. The maximum atomic E-state index is 12.9. The van der Waals surface area contributed by atoms with Crippen LogP contribution in [0.1, 0.15) is 18.1 Å². The number of aryl methyl sites for hydroxylation is 1. The Morgan fingerprint density at radius 1 is 1.03 bits per heavy atom. The van der Waals surface area contributed by atoms with E-state index in [-0.39, 0.29) is 0 Å². The quantitative estimate of drug-likeness (QED) is 0.385. The molecule has 8 nitrogen and oxygen atoms in total. The molecule has 0 bridgehead atoms. The number of rotatable bonds is 5. The fourth-order valence-corrected chi connectivity index (χ4v) is 3.47. The Morgan fingerprint density at radius 2 is 1.71 bits per heavy atom. The van der Waals surface area contributed by atoms with Crippen molar-refractivity contribution in [3.63, 3.8) is 0 Å². The summed E-state index contributed by atoms with van der Waals surface area (Å²) in [5, 5.41) is 5.08. The second-order valence-electron chi connectivity index (χ2n) is 7.20. The summed E-state index contributed by atoms with van der Waals surface area (Å²) in [6, 6.07) is 17.0. The number of nitrogens with one attached hydrogen (secondary N) is 1. The van der Waals surface area contributed by atoms with Gasteiger partial charge in [0.25, 0.3) is 5.56 Å². The summed E-state index contributed by atoms with van der Waals surface area (Å²) in [5.74, 6) is 0.366. The van der Waals surface area contributed by atoms with Gasteiger partial charge in [-0.25, -0.2) is 10.2 Å². The Labute approximate surface area is 183 Å². The van der Waals surface area contributed by atoms with Crippen molar-refractivity contribution < 1.29 is 0 Å². The lowest BCUT2D eigenvalue weighted by atomic mass is 10.1. The Bertz CT molecular complexity index is 1400. The van der Waals surface area contributed by atoms with Crippen molar-refractivity contribution >= 4 is 34.4 Å². The predicted molar refractivity (Wildman–Crippen MR) is 123 cm³/mol. The van der Waals surface area contributed by atoms with E-state index in [4.69, 9.17) is 11.6 Å². The second-order valence-corrected chi connectivity index (χ2v) is 7.64. The summed E-state index contributed by atoms with van der Waals surface area (Å²) in [4.78, 5) is 29.8. The molecule has 2 aromatic heterocycles. The minimum atomic E-state index is -0.436. The minimum absolute atomic E-state index is 0.297. The van der Waals surface area contributed by atoms with Crippen molar-refractivity contribution in [1.82, 2.24) is 18.7 Å². The van der Waals surface area contributed by atoms with Crippen molar-refractivity contribution in [2.75, 3.05) is 5.43 Å². The molecule has 4 rings (SSSR count). The first-order valence-electron chi connectivity index (χ1n) is 9.63. The molecule has 0 amide bonds. The van der Waals surface area contributed by atoms with Gasteiger partial charge in [-0.2, -0.15) is 10.1 Å². The highest BCUT2D eigenvalue weighted by Gasteiger charge is 2.19. The van der Waals surface area contributed by atoms with Crippen LogP contribution >= 0.6 is 11.6 Å². The molecular formula is C22H21ClN6O2. The lowest BCUT2D eigenvalue weighted by Crippen LogP contribution is -2.37. The number of imidazole rings is 1. The van der Waals surface area contributed by atoms with E-state index in [2.05, 4.69) is 15.5 Å².